The fourth-order valence-electron chi connectivity index (χ4n) is 2.77. The number of amides is 1. The van der Waals surface area contributed by atoms with Gasteiger partial charge >= 0.3 is 5.97 Å². The standard InChI is InChI=1S/C22H17BrN2O5/c23-14-6-8-18(16(10-14)21(28)13-4-2-1-3-5-13)24-12-20(27)25-15-7-9-19(26)17(11-15)22(29)30/h1-11,24,26H,12H2,(H,25,27)(H,29,30). The minimum absolute atomic E-state index is 0.153. The fraction of sp³-hybridized carbons (Fsp3) is 0.0455. The summed E-state index contributed by atoms with van der Waals surface area (Å²) in [5.74, 6) is -2.33. The SMILES string of the molecule is O=C(CNc1ccc(Br)cc1C(=O)c1ccccc1)Nc1ccc(O)c(C(=O)O)c1. The first-order chi connectivity index (χ1) is 14.3. The third-order valence-corrected chi connectivity index (χ3v) is 4.71. The Labute approximate surface area is 180 Å². The number of aromatic hydroxyl groups is 1. The summed E-state index contributed by atoms with van der Waals surface area (Å²) in [7, 11) is 0. The predicted octanol–water partition coefficient (Wildman–Crippen LogP) is 4.13. The molecule has 0 spiro atoms. The average molecular weight is 469 g/mol. The van der Waals surface area contributed by atoms with Gasteiger partial charge in [0, 0.05) is 27.0 Å². The highest BCUT2D eigenvalue weighted by molar-refractivity contribution is 9.10. The summed E-state index contributed by atoms with van der Waals surface area (Å²) in [6, 6.07) is 17.7. The molecule has 1 amide bonds. The predicted molar refractivity (Wildman–Crippen MR) is 116 cm³/mol. The van der Waals surface area contributed by atoms with Gasteiger partial charge in [-0.2, -0.15) is 0 Å². The average Bonchev–Trinajstić information content (AvgIpc) is 2.74. The van der Waals surface area contributed by atoms with Crippen LogP contribution in [0.3, 0.4) is 0 Å². The van der Waals surface area contributed by atoms with Gasteiger partial charge in [-0.1, -0.05) is 46.3 Å². The highest BCUT2D eigenvalue weighted by atomic mass is 79.9. The molecule has 3 aromatic carbocycles. The van der Waals surface area contributed by atoms with Gasteiger partial charge in [0.15, 0.2) is 5.78 Å². The number of phenols is 1. The van der Waals surface area contributed by atoms with Crippen molar-refractivity contribution in [1.29, 1.82) is 0 Å². The summed E-state index contributed by atoms with van der Waals surface area (Å²) < 4.78 is 0.724. The largest absolute Gasteiger partial charge is 0.507 e. The molecule has 4 N–H and O–H groups in total. The first-order valence-electron chi connectivity index (χ1n) is 8.84. The van der Waals surface area contributed by atoms with Gasteiger partial charge in [-0.05, 0) is 36.4 Å². The summed E-state index contributed by atoms with van der Waals surface area (Å²) in [5.41, 5.74) is 1.33. The summed E-state index contributed by atoms with van der Waals surface area (Å²) >= 11 is 3.36. The third kappa shape index (κ3) is 5.03. The molecule has 30 heavy (non-hydrogen) atoms. The minimum Gasteiger partial charge on any atom is -0.507 e. The molecule has 3 aromatic rings. The lowest BCUT2D eigenvalue weighted by Crippen LogP contribution is -2.23. The minimum atomic E-state index is -1.30. The van der Waals surface area contributed by atoms with Gasteiger partial charge in [0.1, 0.15) is 11.3 Å². The van der Waals surface area contributed by atoms with Crippen LogP contribution in [0, 0.1) is 0 Å². The highest BCUT2D eigenvalue weighted by Gasteiger charge is 2.16. The summed E-state index contributed by atoms with van der Waals surface area (Å²) in [5, 5.41) is 24.1. The maximum absolute atomic E-state index is 12.8. The first-order valence-corrected chi connectivity index (χ1v) is 9.64. The van der Waals surface area contributed by atoms with E-state index in [0.717, 1.165) is 4.47 Å². The van der Waals surface area contributed by atoms with Gasteiger partial charge in [-0.15, -0.1) is 0 Å². The normalized spacial score (nSPS) is 10.3. The quantitative estimate of drug-likeness (QED) is 0.306. The molecular weight excluding hydrogens is 452 g/mol. The van der Waals surface area contributed by atoms with Crippen LogP contribution in [0.4, 0.5) is 11.4 Å². The number of carboxylic acid groups (broad SMARTS) is 1. The summed E-state index contributed by atoms with van der Waals surface area (Å²) in [6.07, 6.45) is 0. The first kappa shape index (κ1) is 21.1. The number of halogens is 1. The number of nitrogens with one attached hydrogen (secondary N) is 2. The van der Waals surface area contributed by atoms with Gasteiger partial charge in [-0.3, -0.25) is 9.59 Å². The van der Waals surface area contributed by atoms with E-state index < -0.39 is 17.6 Å². The van der Waals surface area contributed by atoms with Crippen LogP contribution in [-0.2, 0) is 4.79 Å². The smallest absolute Gasteiger partial charge is 0.339 e. The molecule has 0 unspecified atom stereocenters. The molecule has 0 atom stereocenters. The van der Waals surface area contributed by atoms with Crippen LogP contribution in [0.5, 0.6) is 5.75 Å². The number of anilines is 2. The summed E-state index contributed by atoms with van der Waals surface area (Å²) in [6.45, 7) is -0.153. The van der Waals surface area contributed by atoms with Crippen LogP contribution in [0.1, 0.15) is 26.3 Å². The van der Waals surface area contributed by atoms with E-state index in [1.54, 1.807) is 42.5 Å². The number of carbonyl (C=O) groups excluding carboxylic acids is 2. The van der Waals surface area contributed by atoms with Gasteiger partial charge < -0.3 is 20.8 Å². The van der Waals surface area contributed by atoms with E-state index >= 15 is 0 Å². The monoisotopic (exact) mass is 468 g/mol. The lowest BCUT2D eigenvalue weighted by Gasteiger charge is -2.13. The molecular formula is C22H17BrN2O5. The number of ketones is 1. The molecule has 8 heteroatoms. The molecule has 0 bridgehead atoms. The molecule has 0 aromatic heterocycles. The molecule has 0 saturated heterocycles. The maximum Gasteiger partial charge on any atom is 0.339 e. The molecule has 0 aliphatic heterocycles. The van der Waals surface area contributed by atoms with Crippen molar-refractivity contribution < 1.29 is 24.6 Å². The number of aromatic carboxylic acids is 1. The van der Waals surface area contributed by atoms with Crippen molar-refractivity contribution in [3.05, 3.63) is 87.9 Å². The Balaban J connectivity index is 1.73. The Morgan fingerprint density at radius 1 is 0.900 bits per heavy atom. The van der Waals surface area contributed by atoms with E-state index in [1.807, 2.05) is 6.07 Å². The van der Waals surface area contributed by atoms with Crippen molar-refractivity contribution in [2.24, 2.45) is 0 Å². The van der Waals surface area contributed by atoms with E-state index in [-0.39, 0.29) is 23.6 Å². The second-order valence-corrected chi connectivity index (χ2v) is 7.24. The molecule has 0 heterocycles. The van der Waals surface area contributed by atoms with E-state index in [2.05, 4.69) is 26.6 Å². The number of carbonyl (C=O) groups is 3. The topological polar surface area (TPSA) is 116 Å². The van der Waals surface area contributed by atoms with E-state index in [0.29, 0.717) is 16.8 Å². The molecule has 0 aliphatic rings. The Kier molecular flexibility index (Phi) is 6.48. The zero-order chi connectivity index (χ0) is 21.7. The molecule has 152 valence electrons. The van der Waals surface area contributed by atoms with Crippen LogP contribution in [0.25, 0.3) is 0 Å². The van der Waals surface area contributed by atoms with Gasteiger partial charge in [-0.25, -0.2) is 4.79 Å². The lowest BCUT2D eigenvalue weighted by atomic mass is 10.0. The molecule has 0 fully saturated rings. The number of hydrogen-bond acceptors (Lipinski definition) is 5. The molecule has 0 saturated carbocycles. The van der Waals surface area contributed by atoms with Gasteiger partial charge in [0.2, 0.25) is 5.91 Å². The van der Waals surface area contributed by atoms with Crippen LogP contribution in [0.15, 0.2) is 71.2 Å². The van der Waals surface area contributed by atoms with Crippen molar-refractivity contribution in [1.82, 2.24) is 0 Å². The molecule has 3 rings (SSSR count). The van der Waals surface area contributed by atoms with Crippen molar-refractivity contribution in [2.45, 2.75) is 0 Å². The van der Waals surface area contributed by atoms with Crippen LogP contribution >= 0.6 is 15.9 Å². The van der Waals surface area contributed by atoms with Gasteiger partial charge in [0.25, 0.3) is 0 Å². The molecule has 0 radical (unpaired) electrons. The van der Waals surface area contributed by atoms with E-state index in [9.17, 15) is 19.5 Å². The van der Waals surface area contributed by atoms with Crippen molar-refractivity contribution >= 4 is 45.0 Å². The number of benzene rings is 3. The Bertz CT molecular complexity index is 1120. The maximum atomic E-state index is 12.8. The zero-order valence-corrected chi connectivity index (χ0v) is 17.1. The molecule has 7 nitrogen and oxygen atoms in total. The van der Waals surface area contributed by atoms with E-state index in [4.69, 9.17) is 5.11 Å². The second kappa shape index (κ2) is 9.23. The Morgan fingerprint density at radius 2 is 1.63 bits per heavy atom. The molecule has 0 aliphatic carbocycles. The van der Waals surface area contributed by atoms with Crippen molar-refractivity contribution in [3.8, 4) is 5.75 Å². The van der Waals surface area contributed by atoms with Crippen molar-refractivity contribution in [2.75, 3.05) is 17.2 Å². The van der Waals surface area contributed by atoms with Crippen LogP contribution in [-0.4, -0.2) is 34.4 Å². The third-order valence-electron chi connectivity index (χ3n) is 4.21. The lowest BCUT2D eigenvalue weighted by molar-refractivity contribution is -0.114. The summed E-state index contributed by atoms with van der Waals surface area (Å²) in [4.78, 5) is 36.2. The van der Waals surface area contributed by atoms with Crippen molar-refractivity contribution in [3.63, 3.8) is 0 Å². The van der Waals surface area contributed by atoms with Gasteiger partial charge in [0.05, 0.1) is 6.54 Å². The number of hydrogen-bond donors (Lipinski definition) is 4. The van der Waals surface area contributed by atoms with E-state index in [1.165, 1.54) is 18.2 Å². The highest BCUT2D eigenvalue weighted by Crippen LogP contribution is 2.24. The van der Waals surface area contributed by atoms with Crippen LogP contribution < -0.4 is 10.6 Å². The zero-order valence-electron chi connectivity index (χ0n) is 15.6. The number of carboxylic acids is 1. The second-order valence-electron chi connectivity index (χ2n) is 6.32. The fourth-order valence-corrected chi connectivity index (χ4v) is 3.13. The number of rotatable bonds is 7. The van der Waals surface area contributed by atoms with Crippen LogP contribution in [0.2, 0.25) is 0 Å². The Morgan fingerprint density at radius 3 is 2.33 bits per heavy atom. The Hall–Kier alpha value is -3.65.